The Balaban J connectivity index is 1.66. The minimum absolute atomic E-state index is 0.0566. The van der Waals surface area contributed by atoms with Crippen LogP contribution in [0.3, 0.4) is 0 Å². The molecule has 1 aliphatic rings. The van der Waals surface area contributed by atoms with Gasteiger partial charge in [-0.3, -0.25) is 4.79 Å². The van der Waals surface area contributed by atoms with E-state index in [0.717, 1.165) is 0 Å². The van der Waals surface area contributed by atoms with Gasteiger partial charge in [-0.15, -0.1) is 13.2 Å². The zero-order valence-corrected chi connectivity index (χ0v) is 17.0. The number of amides is 1. The number of aromatic nitrogens is 2. The largest absolute Gasteiger partial charge is 0.573 e. The van der Waals surface area contributed by atoms with Gasteiger partial charge in [0.1, 0.15) is 17.8 Å². The molecule has 166 valence electrons. The van der Waals surface area contributed by atoms with Crippen molar-refractivity contribution in [3.8, 4) is 16.9 Å². The van der Waals surface area contributed by atoms with Gasteiger partial charge in [-0.05, 0) is 41.5 Å². The van der Waals surface area contributed by atoms with E-state index in [1.807, 2.05) is 0 Å². The zero-order valence-electron chi connectivity index (χ0n) is 17.0. The van der Waals surface area contributed by atoms with Gasteiger partial charge in [0.15, 0.2) is 0 Å². The first-order chi connectivity index (χ1) is 15.2. The fourth-order valence-corrected chi connectivity index (χ4v) is 3.50. The highest BCUT2D eigenvalue weighted by Crippen LogP contribution is 2.32. The van der Waals surface area contributed by atoms with Crippen LogP contribution in [0.2, 0.25) is 0 Å². The number of fused-ring (bicyclic) bond motifs is 1. The lowest BCUT2D eigenvalue weighted by molar-refractivity contribution is -0.274. The lowest BCUT2D eigenvalue weighted by Crippen LogP contribution is -2.41. The third-order valence-corrected chi connectivity index (χ3v) is 5.10. The Morgan fingerprint density at radius 2 is 1.75 bits per heavy atom. The number of halogens is 3. The summed E-state index contributed by atoms with van der Waals surface area (Å²) in [4.78, 5) is 24.7. The van der Waals surface area contributed by atoms with E-state index in [1.54, 1.807) is 48.6 Å². The van der Waals surface area contributed by atoms with Crippen LogP contribution in [0, 0.1) is 0 Å². The molecule has 3 aromatic rings. The van der Waals surface area contributed by atoms with Crippen LogP contribution in [0.25, 0.3) is 11.1 Å². The highest BCUT2D eigenvalue weighted by Gasteiger charge is 2.32. The lowest BCUT2D eigenvalue weighted by Gasteiger charge is -2.26. The summed E-state index contributed by atoms with van der Waals surface area (Å²) in [6.45, 7) is 0.179. The molecule has 0 fully saturated rings. The number of ether oxygens (including phenoxy) is 1. The number of nitrogens with zero attached hydrogens (tertiary/aromatic N) is 4. The molecule has 1 unspecified atom stereocenters. The van der Waals surface area contributed by atoms with E-state index in [0.29, 0.717) is 28.2 Å². The number of carbonyl (C=O) groups excluding carboxylic acids is 1. The molecule has 0 aliphatic carbocycles. The van der Waals surface area contributed by atoms with Crippen molar-refractivity contribution >= 4 is 11.6 Å². The summed E-state index contributed by atoms with van der Waals surface area (Å²) < 4.78 is 41.1. The second kappa shape index (κ2) is 8.46. The van der Waals surface area contributed by atoms with Gasteiger partial charge in [-0.25, -0.2) is 9.97 Å². The monoisotopic (exact) mass is 444 g/mol. The van der Waals surface area contributed by atoms with Gasteiger partial charge >= 0.3 is 6.36 Å². The molecule has 1 aliphatic heterocycles. The highest BCUT2D eigenvalue weighted by molar-refractivity contribution is 6.01. The van der Waals surface area contributed by atoms with Gasteiger partial charge in [0.25, 0.3) is 5.91 Å². The Morgan fingerprint density at radius 1 is 1.09 bits per heavy atom. The molecule has 2 aromatic carbocycles. The van der Waals surface area contributed by atoms with Crippen molar-refractivity contribution in [2.45, 2.75) is 19.1 Å². The third-order valence-electron chi connectivity index (χ3n) is 5.10. The second-order valence-electron chi connectivity index (χ2n) is 7.25. The molecule has 1 atom stereocenters. The summed E-state index contributed by atoms with van der Waals surface area (Å²) in [5.41, 5.74) is 2.14. The molecule has 1 N–H and O–H groups in total. The molecule has 0 spiro atoms. The molecule has 0 bridgehead atoms. The number of likely N-dealkylation sites (N-methyl/N-ethyl adjacent to an activating group) is 1. The van der Waals surface area contributed by atoms with Gasteiger partial charge in [-0.2, -0.15) is 0 Å². The van der Waals surface area contributed by atoms with Gasteiger partial charge in [-0.1, -0.05) is 18.2 Å². The quantitative estimate of drug-likeness (QED) is 0.664. The number of anilines is 1. The molecular weight excluding hydrogens is 425 g/mol. The Morgan fingerprint density at radius 3 is 2.41 bits per heavy atom. The Labute approximate surface area is 181 Å². The SMILES string of the molecule is CN1c2ccc(-c3ccc(OC(F)(F)F)cc3)cc2C(=O)N(Cc2ncccn2)CC1O. The number of aliphatic hydroxyl groups excluding tert-OH is 1. The van der Waals surface area contributed by atoms with E-state index in [-0.39, 0.29) is 24.7 Å². The molecule has 10 heteroatoms. The number of hydrogen-bond donors (Lipinski definition) is 1. The Kier molecular flexibility index (Phi) is 5.70. The van der Waals surface area contributed by atoms with E-state index in [1.165, 1.54) is 29.2 Å². The summed E-state index contributed by atoms with van der Waals surface area (Å²) in [7, 11) is 1.68. The normalized spacial score (nSPS) is 16.5. The van der Waals surface area contributed by atoms with E-state index >= 15 is 0 Å². The number of β-amino-alcohol motifs (C(OH)–C–C–N with tert-alkyl or cyclic N) is 1. The predicted molar refractivity (Wildman–Crippen MR) is 110 cm³/mol. The summed E-state index contributed by atoms with van der Waals surface area (Å²) >= 11 is 0. The number of rotatable bonds is 4. The molecule has 1 amide bonds. The first kappa shape index (κ1) is 21.6. The number of carbonyl (C=O) groups is 1. The highest BCUT2D eigenvalue weighted by atomic mass is 19.4. The smallest absolute Gasteiger partial charge is 0.406 e. The predicted octanol–water partition coefficient (Wildman–Crippen LogP) is 3.45. The van der Waals surface area contributed by atoms with E-state index in [2.05, 4.69) is 14.7 Å². The second-order valence-corrected chi connectivity index (χ2v) is 7.25. The minimum Gasteiger partial charge on any atom is -0.406 e. The van der Waals surface area contributed by atoms with Crippen molar-refractivity contribution in [2.75, 3.05) is 18.5 Å². The third kappa shape index (κ3) is 4.65. The van der Waals surface area contributed by atoms with Gasteiger partial charge in [0.2, 0.25) is 0 Å². The maximum atomic E-state index is 13.3. The van der Waals surface area contributed by atoms with Gasteiger partial charge in [0.05, 0.1) is 24.3 Å². The Bertz CT molecular complexity index is 1110. The van der Waals surface area contributed by atoms with Crippen molar-refractivity contribution in [1.82, 2.24) is 14.9 Å². The van der Waals surface area contributed by atoms with Crippen molar-refractivity contribution in [1.29, 1.82) is 0 Å². The molecule has 1 aromatic heterocycles. The van der Waals surface area contributed by atoms with Gasteiger partial charge < -0.3 is 19.6 Å². The molecule has 0 saturated carbocycles. The average Bonchev–Trinajstić information content (AvgIpc) is 2.85. The summed E-state index contributed by atoms with van der Waals surface area (Å²) in [6.07, 6.45) is -2.56. The molecule has 32 heavy (non-hydrogen) atoms. The van der Waals surface area contributed by atoms with Crippen LogP contribution in [0.15, 0.2) is 60.9 Å². The van der Waals surface area contributed by atoms with Crippen LogP contribution in [-0.4, -0.2) is 52.1 Å². The molecule has 0 saturated heterocycles. The number of hydrogen-bond acceptors (Lipinski definition) is 6. The summed E-state index contributed by atoms with van der Waals surface area (Å²) in [6, 6.07) is 12.2. The van der Waals surface area contributed by atoms with Gasteiger partial charge in [0, 0.05) is 19.4 Å². The topological polar surface area (TPSA) is 78.8 Å². The van der Waals surface area contributed by atoms with Crippen molar-refractivity contribution in [2.24, 2.45) is 0 Å². The molecule has 2 heterocycles. The molecular formula is C22H19F3N4O3. The fraction of sp³-hybridized carbons (Fsp3) is 0.227. The van der Waals surface area contributed by atoms with Crippen LogP contribution >= 0.6 is 0 Å². The van der Waals surface area contributed by atoms with Crippen LogP contribution in [0.5, 0.6) is 5.75 Å². The number of aliphatic hydroxyl groups is 1. The van der Waals surface area contributed by atoms with Crippen molar-refractivity contribution in [3.63, 3.8) is 0 Å². The molecule has 7 nitrogen and oxygen atoms in total. The average molecular weight is 444 g/mol. The standard InChI is InChI=1S/C22H19F3N4O3/c1-28-18-8-5-15(14-3-6-16(7-4-14)32-22(23,24)25)11-17(18)21(31)29(13-20(28)30)12-19-26-9-2-10-27-19/h2-11,20,30H,12-13H2,1H3. The van der Waals surface area contributed by atoms with Crippen LogP contribution in [-0.2, 0) is 6.54 Å². The van der Waals surface area contributed by atoms with E-state index in [4.69, 9.17) is 0 Å². The van der Waals surface area contributed by atoms with E-state index in [9.17, 15) is 23.1 Å². The maximum Gasteiger partial charge on any atom is 0.573 e. The first-order valence-electron chi connectivity index (χ1n) is 9.67. The maximum absolute atomic E-state index is 13.3. The lowest BCUT2D eigenvalue weighted by atomic mass is 10.0. The van der Waals surface area contributed by atoms with Crippen LogP contribution in [0.1, 0.15) is 16.2 Å². The minimum atomic E-state index is -4.77. The Hall–Kier alpha value is -3.66. The van der Waals surface area contributed by atoms with Crippen LogP contribution in [0.4, 0.5) is 18.9 Å². The van der Waals surface area contributed by atoms with Crippen molar-refractivity contribution < 1.29 is 27.8 Å². The molecule has 4 rings (SSSR count). The molecule has 0 radical (unpaired) electrons. The fourth-order valence-electron chi connectivity index (χ4n) is 3.50. The first-order valence-corrected chi connectivity index (χ1v) is 9.67. The van der Waals surface area contributed by atoms with E-state index < -0.39 is 12.6 Å². The number of alkyl halides is 3. The summed E-state index contributed by atoms with van der Waals surface area (Å²) in [5.74, 6) is -0.200. The zero-order chi connectivity index (χ0) is 22.9. The number of benzene rings is 2. The summed E-state index contributed by atoms with van der Waals surface area (Å²) in [5, 5.41) is 10.6. The van der Waals surface area contributed by atoms with Crippen LogP contribution < -0.4 is 9.64 Å². The van der Waals surface area contributed by atoms with Crippen molar-refractivity contribution in [3.05, 3.63) is 72.3 Å².